The van der Waals surface area contributed by atoms with Gasteiger partial charge in [-0.25, -0.2) is 8.42 Å². The Labute approximate surface area is 135 Å². The second-order valence-corrected chi connectivity index (χ2v) is 7.60. The minimum absolute atomic E-state index is 0.00151. The van der Waals surface area contributed by atoms with E-state index in [9.17, 15) is 18.0 Å². The van der Waals surface area contributed by atoms with Crippen molar-refractivity contribution in [2.75, 3.05) is 23.4 Å². The summed E-state index contributed by atoms with van der Waals surface area (Å²) in [7, 11) is -3.13. The van der Waals surface area contributed by atoms with E-state index < -0.39 is 21.7 Å². The first-order chi connectivity index (χ1) is 10.2. The molecule has 0 heterocycles. The lowest BCUT2D eigenvalue weighted by atomic mass is 10.2. The highest BCUT2D eigenvalue weighted by molar-refractivity contribution is 7.91. The van der Waals surface area contributed by atoms with Gasteiger partial charge in [0.15, 0.2) is 9.84 Å². The molecule has 8 heteroatoms. The summed E-state index contributed by atoms with van der Waals surface area (Å²) < 4.78 is 22.5. The zero-order chi connectivity index (χ0) is 16.8. The smallest absolute Gasteiger partial charge is 0.233 e. The van der Waals surface area contributed by atoms with Gasteiger partial charge in [0.2, 0.25) is 11.8 Å². The summed E-state index contributed by atoms with van der Waals surface area (Å²) in [6.45, 7) is 3.30. The molecule has 2 amide bonds. The van der Waals surface area contributed by atoms with E-state index >= 15 is 0 Å². The van der Waals surface area contributed by atoms with Gasteiger partial charge in [-0.2, -0.15) is 0 Å². The summed E-state index contributed by atoms with van der Waals surface area (Å²) in [6, 6.07) is 5.08. The lowest BCUT2D eigenvalue weighted by Gasteiger charge is -2.09. The molecule has 0 radical (unpaired) electrons. The van der Waals surface area contributed by atoms with Crippen LogP contribution in [0.4, 0.5) is 5.69 Å². The lowest BCUT2D eigenvalue weighted by molar-refractivity contribution is -0.126. The zero-order valence-corrected chi connectivity index (χ0v) is 14.1. The Morgan fingerprint density at radius 1 is 1.23 bits per heavy atom. The number of carbonyl (C=O) groups excluding carboxylic acids is 2. The summed E-state index contributed by atoms with van der Waals surface area (Å²) in [6.07, 6.45) is -0.377. The summed E-state index contributed by atoms with van der Waals surface area (Å²) in [5.74, 6) is -1.12. The number of rotatable bonds is 7. The van der Waals surface area contributed by atoms with Gasteiger partial charge in [-0.05, 0) is 24.6 Å². The maximum atomic E-state index is 11.8. The molecule has 0 saturated carbocycles. The van der Waals surface area contributed by atoms with Crippen LogP contribution in [-0.2, 0) is 19.4 Å². The first kappa shape index (κ1) is 18.4. The molecule has 0 spiro atoms. The maximum Gasteiger partial charge on any atom is 0.233 e. The minimum Gasteiger partial charge on any atom is -0.355 e. The Morgan fingerprint density at radius 2 is 1.91 bits per heavy atom. The third-order valence-electron chi connectivity index (χ3n) is 3.04. The number of sulfone groups is 1. The lowest BCUT2D eigenvalue weighted by Crippen LogP contribution is -2.32. The van der Waals surface area contributed by atoms with E-state index in [1.165, 1.54) is 6.92 Å². The van der Waals surface area contributed by atoms with Crippen molar-refractivity contribution >= 4 is 38.9 Å². The van der Waals surface area contributed by atoms with E-state index in [1.807, 2.05) is 0 Å². The Kier molecular flexibility index (Phi) is 6.83. The highest BCUT2D eigenvalue weighted by Gasteiger charge is 2.13. The van der Waals surface area contributed by atoms with E-state index in [0.717, 1.165) is 0 Å². The second kappa shape index (κ2) is 8.14. The Bertz CT molecular complexity index is 659. The average molecular weight is 347 g/mol. The molecular weight excluding hydrogens is 328 g/mol. The fourth-order valence-electron chi connectivity index (χ4n) is 1.64. The molecule has 1 aromatic rings. The van der Waals surface area contributed by atoms with Gasteiger partial charge >= 0.3 is 0 Å². The molecule has 22 heavy (non-hydrogen) atoms. The standard InChI is InChI=1S/C14H19ClN2O4S/c1-3-22(20,21)8-7-16-13(18)9-14(19)17-12-6-4-5-11(15)10(12)2/h4-6H,3,7-9H2,1-2H3,(H,16,18)(H,17,19). The number of halogens is 1. The molecule has 0 aliphatic rings. The van der Waals surface area contributed by atoms with E-state index in [4.69, 9.17) is 11.6 Å². The van der Waals surface area contributed by atoms with Crippen LogP contribution in [-0.4, -0.2) is 38.3 Å². The van der Waals surface area contributed by atoms with Gasteiger partial charge in [0.25, 0.3) is 0 Å². The van der Waals surface area contributed by atoms with Gasteiger partial charge in [-0.3, -0.25) is 9.59 Å². The van der Waals surface area contributed by atoms with Crippen LogP contribution < -0.4 is 10.6 Å². The second-order valence-electron chi connectivity index (χ2n) is 4.72. The fraction of sp³-hybridized carbons (Fsp3) is 0.429. The first-order valence-corrected chi connectivity index (χ1v) is 8.97. The predicted octanol–water partition coefficient (Wildman–Crippen LogP) is 1.53. The summed E-state index contributed by atoms with van der Waals surface area (Å²) in [4.78, 5) is 23.3. The van der Waals surface area contributed by atoms with Gasteiger partial charge in [0.1, 0.15) is 6.42 Å². The van der Waals surface area contributed by atoms with Crippen LogP contribution in [0.3, 0.4) is 0 Å². The predicted molar refractivity (Wildman–Crippen MR) is 86.8 cm³/mol. The summed E-state index contributed by atoms with van der Waals surface area (Å²) in [5, 5.41) is 5.53. The quantitative estimate of drug-likeness (QED) is 0.732. The fourth-order valence-corrected chi connectivity index (χ4v) is 2.51. The maximum absolute atomic E-state index is 11.8. The monoisotopic (exact) mass is 346 g/mol. The minimum atomic E-state index is -3.13. The van der Waals surface area contributed by atoms with Crippen molar-refractivity contribution in [1.82, 2.24) is 5.32 Å². The number of anilines is 1. The molecule has 0 atom stereocenters. The number of benzene rings is 1. The van der Waals surface area contributed by atoms with Crippen molar-refractivity contribution in [3.63, 3.8) is 0 Å². The topological polar surface area (TPSA) is 92.3 Å². The number of nitrogens with one attached hydrogen (secondary N) is 2. The van der Waals surface area contributed by atoms with Crippen molar-refractivity contribution in [3.05, 3.63) is 28.8 Å². The summed E-state index contributed by atoms with van der Waals surface area (Å²) in [5.41, 5.74) is 1.26. The van der Waals surface area contributed by atoms with Crippen molar-refractivity contribution < 1.29 is 18.0 Å². The molecule has 0 bridgehead atoms. The molecule has 122 valence electrons. The van der Waals surface area contributed by atoms with E-state index in [-0.39, 0.29) is 24.5 Å². The van der Waals surface area contributed by atoms with Crippen molar-refractivity contribution in [3.8, 4) is 0 Å². The van der Waals surface area contributed by atoms with Crippen LogP contribution in [0.1, 0.15) is 18.9 Å². The SMILES string of the molecule is CCS(=O)(=O)CCNC(=O)CC(=O)Nc1cccc(Cl)c1C. The Morgan fingerprint density at radius 3 is 2.55 bits per heavy atom. The number of amides is 2. The molecule has 0 saturated heterocycles. The van der Waals surface area contributed by atoms with Crippen molar-refractivity contribution in [2.45, 2.75) is 20.3 Å². The van der Waals surface area contributed by atoms with Gasteiger partial charge < -0.3 is 10.6 Å². The average Bonchev–Trinajstić information content (AvgIpc) is 2.43. The van der Waals surface area contributed by atoms with Crippen LogP contribution in [0, 0.1) is 6.92 Å². The van der Waals surface area contributed by atoms with E-state index in [2.05, 4.69) is 10.6 Å². The molecule has 0 aliphatic carbocycles. The van der Waals surface area contributed by atoms with Crippen LogP contribution in [0.2, 0.25) is 5.02 Å². The Hall–Kier alpha value is -1.60. The largest absolute Gasteiger partial charge is 0.355 e. The van der Waals surface area contributed by atoms with Crippen LogP contribution in [0.5, 0.6) is 0 Å². The highest BCUT2D eigenvalue weighted by Crippen LogP contribution is 2.22. The van der Waals surface area contributed by atoms with Gasteiger partial charge in [0, 0.05) is 23.0 Å². The molecule has 0 aromatic heterocycles. The molecule has 0 fully saturated rings. The zero-order valence-electron chi connectivity index (χ0n) is 12.5. The molecule has 1 rings (SSSR count). The molecule has 2 N–H and O–H groups in total. The van der Waals surface area contributed by atoms with Crippen molar-refractivity contribution in [1.29, 1.82) is 0 Å². The molecule has 6 nitrogen and oxygen atoms in total. The highest BCUT2D eigenvalue weighted by atomic mass is 35.5. The molecular formula is C14H19ClN2O4S. The van der Waals surface area contributed by atoms with Crippen LogP contribution in [0.25, 0.3) is 0 Å². The number of hydrogen-bond acceptors (Lipinski definition) is 4. The van der Waals surface area contributed by atoms with E-state index in [1.54, 1.807) is 25.1 Å². The number of hydrogen-bond donors (Lipinski definition) is 2. The summed E-state index contributed by atoms with van der Waals surface area (Å²) >= 11 is 5.94. The molecule has 1 aromatic carbocycles. The van der Waals surface area contributed by atoms with Crippen LogP contribution >= 0.6 is 11.6 Å². The first-order valence-electron chi connectivity index (χ1n) is 6.77. The third kappa shape index (κ3) is 6.03. The third-order valence-corrected chi connectivity index (χ3v) is 5.15. The normalized spacial score (nSPS) is 11.0. The molecule has 0 aliphatic heterocycles. The van der Waals surface area contributed by atoms with Gasteiger partial charge in [-0.15, -0.1) is 0 Å². The Balaban J connectivity index is 2.45. The van der Waals surface area contributed by atoms with Gasteiger partial charge in [-0.1, -0.05) is 24.6 Å². The van der Waals surface area contributed by atoms with Crippen LogP contribution in [0.15, 0.2) is 18.2 Å². The van der Waals surface area contributed by atoms with Crippen molar-refractivity contribution in [2.24, 2.45) is 0 Å². The molecule has 0 unspecified atom stereocenters. The van der Waals surface area contributed by atoms with Gasteiger partial charge in [0.05, 0.1) is 5.75 Å². The number of carbonyl (C=O) groups is 2. The van der Waals surface area contributed by atoms with E-state index in [0.29, 0.717) is 16.3 Å².